The van der Waals surface area contributed by atoms with E-state index in [0.717, 1.165) is 41.8 Å². The van der Waals surface area contributed by atoms with Crippen molar-refractivity contribution in [3.63, 3.8) is 0 Å². The lowest BCUT2D eigenvalue weighted by Crippen LogP contribution is -2.33. The van der Waals surface area contributed by atoms with Gasteiger partial charge >= 0.3 is 0 Å². The SMILES string of the molecule is Cn1c(SCc2ccccc2)nnc1C1CCCN1CC(=O)Nc1ccccc1. The Morgan fingerprint density at radius 3 is 2.59 bits per heavy atom. The number of nitrogens with one attached hydrogen (secondary N) is 1. The summed E-state index contributed by atoms with van der Waals surface area (Å²) in [6.07, 6.45) is 2.05. The van der Waals surface area contributed by atoms with Crippen LogP contribution < -0.4 is 5.32 Å². The van der Waals surface area contributed by atoms with Gasteiger partial charge in [0.05, 0.1) is 12.6 Å². The Labute approximate surface area is 175 Å². The van der Waals surface area contributed by atoms with Gasteiger partial charge in [0.25, 0.3) is 0 Å². The van der Waals surface area contributed by atoms with E-state index in [1.807, 2.05) is 43.4 Å². The largest absolute Gasteiger partial charge is 0.325 e. The summed E-state index contributed by atoms with van der Waals surface area (Å²) in [5, 5.41) is 12.8. The number of rotatable bonds is 7. The Kier molecular flexibility index (Phi) is 6.27. The average molecular weight is 408 g/mol. The first-order valence-electron chi connectivity index (χ1n) is 9.85. The fraction of sp³-hybridized carbons (Fsp3) is 0.318. The Morgan fingerprint density at radius 2 is 1.83 bits per heavy atom. The number of hydrogen-bond acceptors (Lipinski definition) is 5. The normalized spacial score (nSPS) is 16.8. The van der Waals surface area contributed by atoms with Crippen LogP contribution in [0, 0.1) is 0 Å². The highest BCUT2D eigenvalue weighted by atomic mass is 32.2. The molecule has 4 rings (SSSR count). The molecule has 6 nitrogen and oxygen atoms in total. The zero-order valence-corrected chi connectivity index (χ0v) is 17.3. The van der Waals surface area contributed by atoms with Gasteiger partial charge in [0, 0.05) is 18.5 Å². The fourth-order valence-electron chi connectivity index (χ4n) is 3.68. The molecule has 1 atom stereocenters. The molecule has 150 valence electrons. The van der Waals surface area contributed by atoms with Gasteiger partial charge in [-0.05, 0) is 37.1 Å². The van der Waals surface area contributed by atoms with Gasteiger partial charge in [-0.1, -0.05) is 60.3 Å². The van der Waals surface area contributed by atoms with Crippen molar-refractivity contribution < 1.29 is 4.79 Å². The van der Waals surface area contributed by atoms with Gasteiger partial charge in [-0.3, -0.25) is 9.69 Å². The Balaban J connectivity index is 1.39. The average Bonchev–Trinajstić information content (AvgIpc) is 3.34. The third kappa shape index (κ3) is 4.86. The highest BCUT2D eigenvalue weighted by molar-refractivity contribution is 7.98. The van der Waals surface area contributed by atoms with Crippen LogP contribution in [0.1, 0.15) is 30.3 Å². The quantitative estimate of drug-likeness (QED) is 0.602. The van der Waals surface area contributed by atoms with Gasteiger partial charge in [0.1, 0.15) is 0 Å². The van der Waals surface area contributed by atoms with E-state index in [2.05, 4.69) is 49.2 Å². The maximum atomic E-state index is 12.5. The second-order valence-electron chi connectivity index (χ2n) is 7.22. The van der Waals surface area contributed by atoms with Crippen LogP contribution in [0.15, 0.2) is 65.8 Å². The molecule has 1 aliphatic heterocycles. The summed E-state index contributed by atoms with van der Waals surface area (Å²) in [6, 6.07) is 20.1. The number of benzene rings is 2. The lowest BCUT2D eigenvalue weighted by atomic mass is 10.2. The third-order valence-electron chi connectivity index (χ3n) is 5.15. The van der Waals surface area contributed by atoms with Crippen LogP contribution in [0.5, 0.6) is 0 Å². The number of carbonyl (C=O) groups is 1. The number of nitrogens with zero attached hydrogens (tertiary/aromatic N) is 4. The summed E-state index contributed by atoms with van der Waals surface area (Å²) in [5.74, 6) is 1.80. The molecule has 3 aromatic rings. The van der Waals surface area contributed by atoms with Gasteiger partial charge in [0.15, 0.2) is 11.0 Å². The second-order valence-corrected chi connectivity index (χ2v) is 8.16. The first-order valence-corrected chi connectivity index (χ1v) is 10.8. The maximum absolute atomic E-state index is 12.5. The third-order valence-corrected chi connectivity index (χ3v) is 6.24. The molecule has 1 N–H and O–H groups in total. The Bertz CT molecular complexity index is 944. The van der Waals surface area contributed by atoms with E-state index in [-0.39, 0.29) is 11.9 Å². The molecule has 0 radical (unpaired) electrons. The molecular formula is C22H25N5OS. The molecule has 1 amide bonds. The van der Waals surface area contributed by atoms with Crippen LogP contribution in [0.3, 0.4) is 0 Å². The fourth-order valence-corrected chi connectivity index (χ4v) is 4.55. The first-order chi connectivity index (χ1) is 14.2. The number of thioether (sulfide) groups is 1. The van der Waals surface area contributed by atoms with Gasteiger partial charge in [-0.2, -0.15) is 0 Å². The molecular weight excluding hydrogens is 382 g/mol. The van der Waals surface area contributed by atoms with Gasteiger partial charge in [0.2, 0.25) is 5.91 Å². The molecule has 7 heteroatoms. The zero-order chi connectivity index (χ0) is 20.1. The van der Waals surface area contributed by atoms with Gasteiger partial charge in [-0.15, -0.1) is 10.2 Å². The molecule has 1 aromatic heterocycles. The summed E-state index contributed by atoms with van der Waals surface area (Å²) in [4.78, 5) is 14.7. The van der Waals surface area contributed by atoms with Gasteiger partial charge < -0.3 is 9.88 Å². The van der Waals surface area contributed by atoms with Gasteiger partial charge in [-0.25, -0.2) is 0 Å². The monoisotopic (exact) mass is 407 g/mol. The van der Waals surface area contributed by atoms with Crippen molar-refractivity contribution in [1.82, 2.24) is 19.7 Å². The van der Waals surface area contributed by atoms with Crippen molar-refractivity contribution in [2.24, 2.45) is 7.05 Å². The molecule has 1 aliphatic rings. The van der Waals surface area contributed by atoms with Crippen LogP contribution in [0.25, 0.3) is 0 Å². The predicted octanol–water partition coefficient (Wildman–Crippen LogP) is 3.88. The summed E-state index contributed by atoms with van der Waals surface area (Å²) in [6.45, 7) is 1.26. The number of carbonyl (C=O) groups excluding carboxylic acids is 1. The smallest absolute Gasteiger partial charge is 0.238 e. The van der Waals surface area contributed by atoms with E-state index >= 15 is 0 Å². The minimum absolute atomic E-state index is 0.00365. The minimum atomic E-state index is 0.00365. The number of anilines is 1. The van der Waals surface area contributed by atoms with E-state index < -0.39 is 0 Å². The topological polar surface area (TPSA) is 63.1 Å². The highest BCUT2D eigenvalue weighted by Crippen LogP contribution is 2.32. The van der Waals surface area contributed by atoms with Crippen molar-refractivity contribution in [3.05, 3.63) is 72.1 Å². The van der Waals surface area contributed by atoms with E-state index in [0.29, 0.717) is 6.54 Å². The van der Waals surface area contributed by atoms with Crippen molar-refractivity contribution >= 4 is 23.4 Å². The molecule has 1 fully saturated rings. The van der Waals surface area contributed by atoms with E-state index in [9.17, 15) is 4.79 Å². The van der Waals surface area contributed by atoms with Crippen LogP contribution >= 0.6 is 11.8 Å². The molecule has 0 saturated carbocycles. The molecule has 2 aromatic carbocycles. The Hall–Kier alpha value is -2.64. The number of amides is 1. The molecule has 1 unspecified atom stereocenters. The maximum Gasteiger partial charge on any atom is 0.238 e. The number of para-hydroxylation sites is 1. The van der Waals surface area contributed by atoms with Crippen LogP contribution in [-0.4, -0.2) is 38.7 Å². The molecule has 2 heterocycles. The number of likely N-dealkylation sites (tertiary alicyclic amines) is 1. The van der Waals surface area contributed by atoms with Crippen LogP contribution in [-0.2, 0) is 17.6 Å². The summed E-state index contributed by atoms with van der Waals surface area (Å²) in [5.41, 5.74) is 2.09. The lowest BCUT2D eigenvalue weighted by Gasteiger charge is -2.23. The van der Waals surface area contributed by atoms with Crippen LogP contribution in [0.4, 0.5) is 5.69 Å². The van der Waals surface area contributed by atoms with Crippen molar-refractivity contribution in [2.75, 3.05) is 18.4 Å². The van der Waals surface area contributed by atoms with Crippen molar-refractivity contribution in [1.29, 1.82) is 0 Å². The lowest BCUT2D eigenvalue weighted by molar-refractivity contribution is -0.117. The first kappa shape index (κ1) is 19.7. The Morgan fingerprint density at radius 1 is 1.10 bits per heavy atom. The number of aromatic nitrogens is 3. The highest BCUT2D eigenvalue weighted by Gasteiger charge is 2.31. The summed E-state index contributed by atoms with van der Waals surface area (Å²) < 4.78 is 2.08. The molecule has 1 saturated heterocycles. The predicted molar refractivity (Wildman–Crippen MR) is 116 cm³/mol. The van der Waals surface area contributed by atoms with Crippen molar-refractivity contribution in [3.8, 4) is 0 Å². The molecule has 0 aliphatic carbocycles. The molecule has 0 spiro atoms. The van der Waals surface area contributed by atoms with E-state index in [4.69, 9.17) is 0 Å². The molecule has 29 heavy (non-hydrogen) atoms. The van der Waals surface area contributed by atoms with Crippen LogP contribution in [0.2, 0.25) is 0 Å². The zero-order valence-electron chi connectivity index (χ0n) is 16.5. The minimum Gasteiger partial charge on any atom is -0.325 e. The number of hydrogen-bond donors (Lipinski definition) is 1. The molecule has 0 bridgehead atoms. The summed E-state index contributed by atoms with van der Waals surface area (Å²) >= 11 is 1.69. The van der Waals surface area contributed by atoms with E-state index in [1.165, 1.54) is 5.56 Å². The second kappa shape index (κ2) is 9.24. The van der Waals surface area contributed by atoms with E-state index in [1.54, 1.807) is 11.8 Å². The van der Waals surface area contributed by atoms with Crippen molar-refractivity contribution in [2.45, 2.75) is 29.8 Å². The standard InChI is InChI=1S/C22H25N5OS/c1-26-21(24-25-22(26)29-16-17-9-4-2-5-10-17)19-13-8-14-27(19)15-20(28)23-18-11-6-3-7-12-18/h2-7,9-12,19H,8,13-16H2,1H3,(H,23,28). The summed E-state index contributed by atoms with van der Waals surface area (Å²) in [7, 11) is 2.02.